The van der Waals surface area contributed by atoms with Crippen molar-refractivity contribution in [2.45, 2.75) is 31.7 Å². The van der Waals surface area contributed by atoms with E-state index in [4.69, 9.17) is 4.74 Å². The lowest BCUT2D eigenvalue weighted by molar-refractivity contribution is -0.137. The molecule has 6 heteroatoms. The highest BCUT2D eigenvalue weighted by atomic mass is 16.5. The van der Waals surface area contributed by atoms with E-state index in [2.05, 4.69) is 17.4 Å². The zero-order valence-corrected chi connectivity index (χ0v) is 17.4. The second-order valence-electron chi connectivity index (χ2n) is 8.04. The van der Waals surface area contributed by atoms with Gasteiger partial charge in [0.15, 0.2) is 0 Å². The minimum atomic E-state index is -0.140. The number of benzene rings is 2. The molecule has 0 aliphatic carbocycles. The monoisotopic (exact) mass is 407 g/mol. The third-order valence-electron chi connectivity index (χ3n) is 6.12. The van der Waals surface area contributed by atoms with Crippen molar-refractivity contribution in [3.63, 3.8) is 0 Å². The molecule has 2 aliphatic rings. The molecule has 0 saturated carbocycles. The summed E-state index contributed by atoms with van der Waals surface area (Å²) in [6.45, 7) is 1.94. The number of nitrogens with one attached hydrogen (secondary N) is 1. The first-order valence-corrected chi connectivity index (χ1v) is 10.7. The molecule has 3 amide bonds. The Morgan fingerprint density at radius 2 is 1.70 bits per heavy atom. The Kier molecular flexibility index (Phi) is 6.21. The first-order chi connectivity index (χ1) is 14.7. The minimum Gasteiger partial charge on any atom is -0.497 e. The largest absolute Gasteiger partial charge is 0.497 e. The molecule has 30 heavy (non-hydrogen) atoms. The molecule has 2 saturated heterocycles. The number of anilines is 1. The van der Waals surface area contributed by atoms with Crippen molar-refractivity contribution in [2.24, 2.45) is 5.92 Å². The smallest absolute Gasteiger partial charge is 0.321 e. The van der Waals surface area contributed by atoms with Crippen LogP contribution in [0.25, 0.3) is 0 Å². The molecule has 0 spiro atoms. The third kappa shape index (κ3) is 4.42. The lowest BCUT2D eigenvalue weighted by Crippen LogP contribution is -2.47. The summed E-state index contributed by atoms with van der Waals surface area (Å²) in [4.78, 5) is 29.9. The number of hydrogen-bond donors (Lipinski definition) is 1. The molecule has 2 aliphatic heterocycles. The normalized spacial score (nSPS) is 21.4. The predicted octanol–water partition coefficient (Wildman–Crippen LogP) is 4.30. The number of rotatable bonds is 4. The number of urea groups is 1. The van der Waals surface area contributed by atoms with Crippen molar-refractivity contribution in [1.82, 2.24) is 9.80 Å². The molecule has 0 radical (unpaired) electrons. The maximum atomic E-state index is 13.4. The molecular weight excluding hydrogens is 378 g/mol. The Bertz CT molecular complexity index is 869. The second-order valence-corrected chi connectivity index (χ2v) is 8.04. The van der Waals surface area contributed by atoms with Crippen LogP contribution in [0, 0.1) is 5.92 Å². The number of piperidine rings is 1. The Balaban J connectivity index is 1.41. The van der Waals surface area contributed by atoms with Gasteiger partial charge in [-0.2, -0.15) is 0 Å². The number of para-hydroxylation sites is 1. The minimum absolute atomic E-state index is 0.108. The molecule has 2 aromatic carbocycles. The number of ether oxygens (including phenoxy) is 1. The number of amides is 3. The number of hydrogen-bond acceptors (Lipinski definition) is 3. The summed E-state index contributed by atoms with van der Waals surface area (Å²) in [5.41, 5.74) is 1.92. The first kappa shape index (κ1) is 20.3. The summed E-state index contributed by atoms with van der Waals surface area (Å²) in [7, 11) is 1.66. The summed E-state index contributed by atoms with van der Waals surface area (Å²) in [6, 6.07) is 17.4. The van der Waals surface area contributed by atoms with Crippen LogP contribution in [0.15, 0.2) is 54.6 Å². The lowest BCUT2D eigenvalue weighted by atomic mass is 9.95. The van der Waals surface area contributed by atoms with E-state index in [1.54, 1.807) is 12.0 Å². The van der Waals surface area contributed by atoms with Gasteiger partial charge < -0.3 is 19.9 Å². The fourth-order valence-corrected chi connectivity index (χ4v) is 4.52. The van der Waals surface area contributed by atoms with Gasteiger partial charge in [0, 0.05) is 25.3 Å². The molecule has 4 rings (SSSR count). The Morgan fingerprint density at radius 3 is 2.43 bits per heavy atom. The van der Waals surface area contributed by atoms with E-state index in [0.29, 0.717) is 13.1 Å². The molecule has 2 heterocycles. The number of carbonyl (C=O) groups is 2. The molecule has 0 aromatic heterocycles. The number of methoxy groups -OCH3 is 1. The van der Waals surface area contributed by atoms with Crippen LogP contribution in [0.3, 0.4) is 0 Å². The quantitative estimate of drug-likeness (QED) is 0.822. The van der Waals surface area contributed by atoms with Crippen molar-refractivity contribution >= 4 is 17.6 Å². The van der Waals surface area contributed by atoms with Gasteiger partial charge in [0.1, 0.15) is 5.75 Å². The van der Waals surface area contributed by atoms with E-state index >= 15 is 0 Å². The Hall–Kier alpha value is -3.02. The molecule has 6 nitrogen and oxygen atoms in total. The maximum Gasteiger partial charge on any atom is 0.321 e. The molecule has 2 aromatic rings. The van der Waals surface area contributed by atoms with Gasteiger partial charge in [-0.1, -0.05) is 30.3 Å². The van der Waals surface area contributed by atoms with E-state index in [-0.39, 0.29) is 23.9 Å². The van der Waals surface area contributed by atoms with Crippen LogP contribution >= 0.6 is 0 Å². The van der Waals surface area contributed by atoms with E-state index in [1.165, 1.54) is 0 Å². The van der Waals surface area contributed by atoms with Crippen LogP contribution in [0.1, 0.15) is 37.3 Å². The summed E-state index contributed by atoms with van der Waals surface area (Å²) >= 11 is 0. The van der Waals surface area contributed by atoms with Gasteiger partial charge in [-0.3, -0.25) is 4.79 Å². The second kappa shape index (κ2) is 9.20. The predicted molar refractivity (Wildman–Crippen MR) is 116 cm³/mol. The van der Waals surface area contributed by atoms with Crippen LogP contribution in [-0.2, 0) is 4.79 Å². The van der Waals surface area contributed by atoms with Crippen molar-refractivity contribution in [1.29, 1.82) is 0 Å². The van der Waals surface area contributed by atoms with Crippen molar-refractivity contribution in [3.8, 4) is 5.75 Å². The van der Waals surface area contributed by atoms with Crippen LogP contribution in [0.5, 0.6) is 5.75 Å². The summed E-state index contributed by atoms with van der Waals surface area (Å²) in [6.07, 6.45) is 3.66. The first-order valence-electron chi connectivity index (χ1n) is 10.7. The van der Waals surface area contributed by atoms with Crippen LogP contribution in [0.4, 0.5) is 10.5 Å². The SMILES string of the molecule is COc1ccc([C@@H]2CCCN2C(=O)[C@H]2CCCN(C(=O)Nc3ccccc3)C2)cc1. The highest BCUT2D eigenvalue weighted by Crippen LogP contribution is 2.35. The summed E-state index contributed by atoms with van der Waals surface area (Å²) < 4.78 is 5.25. The topological polar surface area (TPSA) is 61.9 Å². The van der Waals surface area contributed by atoms with Gasteiger partial charge in [-0.15, -0.1) is 0 Å². The average molecular weight is 408 g/mol. The third-order valence-corrected chi connectivity index (χ3v) is 6.12. The molecule has 0 unspecified atom stereocenters. The van der Waals surface area contributed by atoms with E-state index in [1.807, 2.05) is 47.4 Å². The van der Waals surface area contributed by atoms with Crippen molar-refractivity contribution < 1.29 is 14.3 Å². The molecule has 2 fully saturated rings. The standard InChI is InChI=1S/C24H29N3O3/c1-30-21-13-11-18(12-14-21)22-10-6-16-27(22)23(28)19-7-5-15-26(17-19)24(29)25-20-8-3-2-4-9-20/h2-4,8-9,11-14,19,22H,5-7,10,15-17H2,1H3,(H,25,29)/t19-,22-/m0/s1. The van der Waals surface area contributed by atoms with Gasteiger partial charge in [0.05, 0.1) is 19.1 Å². The highest BCUT2D eigenvalue weighted by Gasteiger charge is 2.36. The van der Waals surface area contributed by atoms with Gasteiger partial charge in [-0.05, 0) is 55.5 Å². The average Bonchev–Trinajstić information content (AvgIpc) is 3.29. The Morgan fingerprint density at radius 1 is 0.967 bits per heavy atom. The van der Waals surface area contributed by atoms with Crippen LogP contribution < -0.4 is 10.1 Å². The van der Waals surface area contributed by atoms with Gasteiger partial charge >= 0.3 is 6.03 Å². The Labute approximate surface area is 177 Å². The van der Waals surface area contributed by atoms with Crippen molar-refractivity contribution in [3.05, 3.63) is 60.2 Å². The zero-order chi connectivity index (χ0) is 20.9. The van der Waals surface area contributed by atoms with Crippen molar-refractivity contribution in [2.75, 3.05) is 32.1 Å². The summed E-state index contributed by atoms with van der Waals surface area (Å²) in [5.74, 6) is 0.853. The fourth-order valence-electron chi connectivity index (χ4n) is 4.52. The summed E-state index contributed by atoms with van der Waals surface area (Å²) in [5, 5.41) is 2.94. The molecule has 0 bridgehead atoms. The zero-order valence-electron chi connectivity index (χ0n) is 17.4. The van der Waals surface area contributed by atoms with Crippen LogP contribution in [-0.4, -0.2) is 48.5 Å². The molecule has 2 atom stereocenters. The fraction of sp³-hybridized carbons (Fsp3) is 0.417. The lowest BCUT2D eigenvalue weighted by Gasteiger charge is -2.35. The van der Waals surface area contributed by atoms with Gasteiger partial charge in [-0.25, -0.2) is 4.79 Å². The van der Waals surface area contributed by atoms with E-state index in [0.717, 1.165) is 49.2 Å². The van der Waals surface area contributed by atoms with Gasteiger partial charge in [0.2, 0.25) is 5.91 Å². The number of nitrogens with zero attached hydrogens (tertiary/aromatic N) is 2. The number of carbonyl (C=O) groups excluding carboxylic acids is 2. The maximum absolute atomic E-state index is 13.4. The van der Waals surface area contributed by atoms with Crippen LogP contribution in [0.2, 0.25) is 0 Å². The molecule has 158 valence electrons. The van der Waals surface area contributed by atoms with Gasteiger partial charge in [0.25, 0.3) is 0 Å². The molecule has 1 N–H and O–H groups in total. The van der Waals surface area contributed by atoms with E-state index < -0.39 is 0 Å². The van der Waals surface area contributed by atoms with E-state index in [9.17, 15) is 9.59 Å². The highest BCUT2D eigenvalue weighted by molar-refractivity contribution is 5.90. The number of likely N-dealkylation sites (tertiary alicyclic amines) is 2. The molecular formula is C24H29N3O3.